The molecule has 0 aromatic carbocycles. The predicted molar refractivity (Wildman–Crippen MR) is 43.6 cm³/mol. The van der Waals surface area contributed by atoms with Crippen molar-refractivity contribution in [3.63, 3.8) is 0 Å². The summed E-state index contributed by atoms with van der Waals surface area (Å²) in [6.45, 7) is 0. The molecule has 2 atom stereocenters. The number of carboxylic acid groups (broad SMARTS) is 1. The van der Waals surface area contributed by atoms with Crippen molar-refractivity contribution in [2.24, 2.45) is 5.92 Å². The molecule has 1 aliphatic carbocycles. The van der Waals surface area contributed by atoms with Crippen molar-refractivity contribution in [3.8, 4) is 0 Å². The maximum atomic E-state index is 11.0. The van der Waals surface area contributed by atoms with Gasteiger partial charge < -0.3 is 5.11 Å². The molecular weight excluding hydrogens is 180 g/mol. The molecule has 0 unspecified atom stereocenters. The zero-order valence-corrected chi connectivity index (χ0v) is 7.67. The molecule has 0 radical (unpaired) electrons. The summed E-state index contributed by atoms with van der Waals surface area (Å²) < 4.78 is 22.0. The van der Waals surface area contributed by atoms with Gasteiger partial charge in [-0.2, -0.15) is 0 Å². The lowest BCUT2D eigenvalue weighted by atomic mass is 10.1. The van der Waals surface area contributed by atoms with Crippen LogP contribution in [0.1, 0.15) is 19.3 Å². The average molecular weight is 192 g/mol. The number of rotatable bonds is 2. The van der Waals surface area contributed by atoms with Gasteiger partial charge in [-0.15, -0.1) is 0 Å². The first kappa shape index (κ1) is 9.51. The van der Waals surface area contributed by atoms with E-state index in [-0.39, 0.29) is 6.42 Å². The molecule has 0 aromatic heterocycles. The molecule has 0 bridgehead atoms. The monoisotopic (exact) mass is 192 g/mol. The van der Waals surface area contributed by atoms with Crippen molar-refractivity contribution >= 4 is 15.8 Å². The Labute approximate surface area is 71.5 Å². The van der Waals surface area contributed by atoms with Crippen LogP contribution in [0.2, 0.25) is 0 Å². The van der Waals surface area contributed by atoms with Crippen molar-refractivity contribution in [2.75, 3.05) is 6.26 Å². The average Bonchev–Trinajstić information content (AvgIpc) is 2.30. The van der Waals surface area contributed by atoms with Gasteiger partial charge >= 0.3 is 5.97 Å². The summed E-state index contributed by atoms with van der Waals surface area (Å²) in [6, 6.07) is 0. The van der Waals surface area contributed by atoms with Gasteiger partial charge in [0.2, 0.25) is 0 Å². The van der Waals surface area contributed by atoms with Crippen LogP contribution in [0.5, 0.6) is 0 Å². The molecule has 70 valence electrons. The Balaban J connectivity index is 2.64. The van der Waals surface area contributed by atoms with Gasteiger partial charge in [0.25, 0.3) is 0 Å². The summed E-state index contributed by atoms with van der Waals surface area (Å²) in [5, 5.41) is 8.17. The summed E-state index contributed by atoms with van der Waals surface area (Å²) in [4.78, 5) is 10.5. The first-order chi connectivity index (χ1) is 5.41. The van der Waals surface area contributed by atoms with Crippen LogP contribution in [0.25, 0.3) is 0 Å². The number of sulfone groups is 1. The maximum absolute atomic E-state index is 11.0. The molecule has 0 saturated heterocycles. The predicted octanol–water partition coefficient (Wildman–Crippen LogP) is 0.284. The molecule has 4 nitrogen and oxygen atoms in total. The number of aliphatic carboxylic acids is 1. The number of carboxylic acids is 1. The highest BCUT2D eigenvalue weighted by Crippen LogP contribution is 2.29. The van der Waals surface area contributed by atoms with Gasteiger partial charge in [0.05, 0.1) is 11.2 Å². The molecule has 1 rings (SSSR count). The van der Waals surface area contributed by atoms with Crippen LogP contribution in [0, 0.1) is 5.92 Å². The van der Waals surface area contributed by atoms with E-state index in [4.69, 9.17) is 5.11 Å². The van der Waals surface area contributed by atoms with E-state index in [1.165, 1.54) is 6.26 Å². The lowest BCUT2D eigenvalue weighted by Crippen LogP contribution is -2.18. The minimum atomic E-state index is -3.03. The quantitative estimate of drug-likeness (QED) is 0.682. The normalized spacial score (nSPS) is 30.4. The summed E-state index contributed by atoms with van der Waals surface area (Å²) in [6.07, 6.45) is 2.44. The van der Waals surface area contributed by atoms with E-state index in [0.29, 0.717) is 12.8 Å². The molecule has 1 saturated carbocycles. The molecule has 0 aromatic rings. The Morgan fingerprint density at radius 3 is 2.25 bits per heavy atom. The molecule has 1 fully saturated rings. The van der Waals surface area contributed by atoms with E-state index in [9.17, 15) is 13.2 Å². The van der Waals surface area contributed by atoms with Gasteiger partial charge in [-0.05, 0) is 19.3 Å². The van der Waals surface area contributed by atoms with Crippen LogP contribution < -0.4 is 0 Å². The molecule has 0 aliphatic heterocycles. The molecule has 12 heavy (non-hydrogen) atoms. The number of hydrogen-bond donors (Lipinski definition) is 1. The first-order valence-corrected chi connectivity index (χ1v) is 5.78. The van der Waals surface area contributed by atoms with Crippen LogP contribution in [0.3, 0.4) is 0 Å². The minimum Gasteiger partial charge on any atom is -0.481 e. The standard InChI is InChI=1S/C7H12O4S/c1-12(10,11)6-3-2-5(4-6)7(8)9/h5-6H,2-4H2,1H3,(H,8,9)/t5-,6+/m0/s1. The second-order valence-corrected chi connectivity index (χ2v) is 5.63. The zero-order valence-electron chi connectivity index (χ0n) is 6.86. The van der Waals surface area contributed by atoms with Crippen molar-refractivity contribution in [2.45, 2.75) is 24.5 Å². The largest absolute Gasteiger partial charge is 0.481 e. The van der Waals surface area contributed by atoms with Crippen LogP contribution in [-0.4, -0.2) is 31.0 Å². The van der Waals surface area contributed by atoms with Crippen LogP contribution in [0.4, 0.5) is 0 Å². The van der Waals surface area contributed by atoms with Crippen molar-refractivity contribution in [3.05, 3.63) is 0 Å². The Hall–Kier alpha value is -0.580. The smallest absolute Gasteiger partial charge is 0.306 e. The van der Waals surface area contributed by atoms with E-state index in [1.54, 1.807) is 0 Å². The Morgan fingerprint density at radius 1 is 1.42 bits per heavy atom. The van der Waals surface area contributed by atoms with Crippen molar-refractivity contribution in [1.82, 2.24) is 0 Å². The van der Waals surface area contributed by atoms with Gasteiger partial charge in [-0.1, -0.05) is 0 Å². The third-order valence-electron chi connectivity index (χ3n) is 2.34. The summed E-state index contributed by atoms with van der Waals surface area (Å²) >= 11 is 0. The van der Waals surface area contributed by atoms with Gasteiger partial charge in [-0.3, -0.25) is 4.79 Å². The highest BCUT2D eigenvalue weighted by molar-refractivity contribution is 7.91. The molecule has 0 spiro atoms. The lowest BCUT2D eigenvalue weighted by Gasteiger charge is -2.05. The minimum absolute atomic E-state index is 0.286. The van der Waals surface area contributed by atoms with E-state index in [0.717, 1.165) is 0 Å². The summed E-state index contributed by atoms with van der Waals surface area (Å²) in [5.74, 6) is -1.33. The van der Waals surface area contributed by atoms with Gasteiger partial charge in [0, 0.05) is 6.26 Å². The lowest BCUT2D eigenvalue weighted by molar-refractivity contribution is -0.141. The topological polar surface area (TPSA) is 71.4 Å². The molecule has 1 aliphatic rings. The van der Waals surface area contributed by atoms with Crippen LogP contribution in [0.15, 0.2) is 0 Å². The number of hydrogen-bond acceptors (Lipinski definition) is 3. The summed E-state index contributed by atoms with van der Waals surface area (Å²) in [7, 11) is -3.03. The fraction of sp³-hybridized carbons (Fsp3) is 0.857. The van der Waals surface area contributed by atoms with Crippen LogP contribution >= 0.6 is 0 Å². The van der Waals surface area contributed by atoms with E-state index in [2.05, 4.69) is 0 Å². The molecular formula is C7H12O4S. The number of carbonyl (C=O) groups is 1. The highest BCUT2D eigenvalue weighted by atomic mass is 32.2. The highest BCUT2D eigenvalue weighted by Gasteiger charge is 2.34. The third-order valence-corrected chi connectivity index (χ3v) is 3.98. The Bertz CT molecular complexity index is 280. The second-order valence-electron chi connectivity index (χ2n) is 3.30. The van der Waals surface area contributed by atoms with Crippen molar-refractivity contribution in [1.29, 1.82) is 0 Å². The van der Waals surface area contributed by atoms with Gasteiger partial charge in [0.1, 0.15) is 9.84 Å². The SMILES string of the molecule is CS(=O)(=O)[C@@H]1CC[C@H](C(=O)O)C1. The maximum Gasteiger partial charge on any atom is 0.306 e. The fourth-order valence-electron chi connectivity index (χ4n) is 1.55. The van der Waals surface area contributed by atoms with Crippen LogP contribution in [-0.2, 0) is 14.6 Å². The molecule has 5 heteroatoms. The van der Waals surface area contributed by atoms with Crippen molar-refractivity contribution < 1.29 is 18.3 Å². The van der Waals surface area contributed by atoms with Gasteiger partial charge in [-0.25, -0.2) is 8.42 Å². The van der Waals surface area contributed by atoms with E-state index < -0.39 is 27.0 Å². The molecule has 1 N–H and O–H groups in total. The van der Waals surface area contributed by atoms with E-state index >= 15 is 0 Å². The third kappa shape index (κ3) is 1.97. The Morgan fingerprint density at radius 2 is 2.00 bits per heavy atom. The van der Waals surface area contributed by atoms with E-state index in [1.807, 2.05) is 0 Å². The first-order valence-electron chi connectivity index (χ1n) is 3.83. The van der Waals surface area contributed by atoms with Gasteiger partial charge in [0.15, 0.2) is 0 Å². The molecule has 0 heterocycles. The molecule has 0 amide bonds. The summed E-state index contributed by atoms with van der Waals surface area (Å²) in [5.41, 5.74) is 0. The fourth-order valence-corrected chi connectivity index (χ4v) is 2.70. The zero-order chi connectivity index (χ0) is 9.35. The Kier molecular flexibility index (Phi) is 2.41. The second kappa shape index (κ2) is 3.05.